The fourth-order valence-electron chi connectivity index (χ4n) is 4.36. The molecule has 1 aliphatic rings. The van der Waals surface area contributed by atoms with Gasteiger partial charge in [-0.2, -0.15) is 0 Å². The Bertz CT molecular complexity index is 1400. The summed E-state index contributed by atoms with van der Waals surface area (Å²) in [5, 5.41) is 2.75. The van der Waals surface area contributed by atoms with E-state index in [9.17, 15) is 14.0 Å². The Morgan fingerprint density at radius 1 is 0.861 bits per heavy atom. The lowest BCUT2D eigenvalue weighted by Crippen LogP contribution is -2.43. The largest absolute Gasteiger partial charge is 0.369 e. The van der Waals surface area contributed by atoms with Gasteiger partial charge in [-0.3, -0.25) is 14.5 Å². The molecule has 0 unspecified atom stereocenters. The van der Waals surface area contributed by atoms with Crippen LogP contribution in [0.3, 0.4) is 0 Å². The number of carbonyl (C=O) groups excluding carboxylic acids is 2. The Balaban J connectivity index is 1.43. The van der Waals surface area contributed by atoms with Crippen LogP contribution in [0, 0.1) is 5.82 Å². The number of carbonyl (C=O) groups is 2. The molecule has 6 nitrogen and oxygen atoms in total. The van der Waals surface area contributed by atoms with Crippen molar-refractivity contribution in [2.75, 3.05) is 5.32 Å². The molecule has 0 radical (unpaired) electrons. The summed E-state index contributed by atoms with van der Waals surface area (Å²) in [5.74, 6) is -0.889. The zero-order valence-corrected chi connectivity index (χ0v) is 19.3. The monoisotopic (exact) mass is 478 g/mol. The van der Waals surface area contributed by atoms with Crippen molar-refractivity contribution < 1.29 is 14.0 Å². The Hall–Kier alpha value is -4.78. The maximum atomic E-state index is 14.0. The molecule has 0 saturated carbocycles. The van der Waals surface area contributed by atoms with Crippen LogP contribution in [0.4, 0.5) is 10.1 Å². The van der Waals surface area contributed by atoms with Gasteiger partial charge in [0.05, 0.1) is 6.54 Å². The highest BCUT2D eigenvalue weighted by atomic mass is 19.1. The lowest BCUT2D eigenvalue weighted by molar-refractivity contribution is -0.130. The fraction of sp³-hybridized carbons (Fsp3) is 0.0690. The highest BCUT2D eigenvalue weighted by Gasteiger charge is 2.50. The number of aliphatic imine (C=N–C) groups is 1. The van der Waals surface area contributed by atoms with E-state index in [1.165, 1.54) is 29.2 Å². The SMILES string of the molecule is NC1=NC(c2ccccc2)(c2ccccc2)C(=O)N1Cc1cccc(C(=O)Nc2ccc(F)cc2)c1. The lowest BCUT2D eigenvalue weighted by atomic mass is 9.83. The Kier molecular flexibility index (Phi) is 6.04. The van der Waals surface area contributed by atoms with Crippen LogP contribution in [0.25, 0.3) is 0 Å². The summed E-state index contributed by atoms with van der Waals surface area (Å²) < 4.78 is 13.2. The first kappa shape index (κ1) is 23.0. The fourth-order valence-corrected chi connectivity index (χ4v) is 4.36. The smallest absolute Gasteiger partial charge is 0.266 e. The van der Waals surface area contributed by atoms with Gasteiger partial charge in [0.1, 0.15) is 5.82 Å². The molecule has 0 saturated heterocycles. The van der Waals surface area contributed by atoms with Crippen LogP contribution in [0.15, 0.2) is 114 Å². The van der Waals surface area contributed by atoms with Crippen molar-refractivity contribution in [3.05, 3.63) is 137 Å². The number of nitrogens with two attached hydrogens (primary N) is 1. The van der Waals surface area contributed by atoms with Crippen LogP contribution < -0.4 is 11.1 Å². The molecule has 0 bridgehead atoms. The van der Waals surface area contributed by atoms with Crippen molar-refractivity contribution in [1.82, 2.24) is 4.90 Å². The van der Waals surface area contributed by atoms with Crippen molar-refractivity contribution in [3.63, 3.8) is 0 Å². The third-order valence-electron chi connectivity index (χ3n) is 6.13. The maximum absolute atomic E-state index is 14.0. The minimum absolute atomic E-state index is 0.105. The number of nitrogens with one attached hydrogen (secondary N) is 1. The van der Waals surface area contributed by atoms with Crippen molar-refractivity contribution in [3.8, 4) is 0 Å². The first-order chi connectivity index (χ1) is 17.5. The quantitative estimate of drug-likeness (QED) is 0.422. The number of hydrogen-bond acceptors (Lipinski definition) is 4. The zero-order chi connectivity index (χ0) is 25.1. The molecule has 1 heterocycles. The van der Waals surface area contributed by atoms with Gasteiger partial charge in [0.2, 0.25) is 0 Å². The van der Waals surface area contributed by atoms with Gasteiger partial charge >= 0.3 is 0 Å². The number of hydrogen-bond donors (Lipinski definition) is 2. The molecule has 0 aliphatic carbocycles. The molecule has 0 atom stereocenters. The Morgan fingerprint density at radius 2 is 1.47 bits per heavy atom. The van der Waals surface area contributed by atoms with Gasteiger partial charge in [0, 0.05) is 11.3 Å². The number of guanidine groups is 1. The van der Waals surface area contributed by atoms with E-state index in [1.54, 1.807) is 18.2 Å². The molecule has 7 heteroatoms. The van der Waals surface area contributed by atoms with Gasteiger partial charge in [-0.1, -0.05) is 72.8 Å². The predicted octanol–water partition coefficient (Wildman–Crippen LogP) is 4.68. The van der Waals surface area contributed by atoms with Crippen molar-refractivity contribution >= 4 is 23.5 Å². The number of nitrogens with zero attached hydrogens (tertiary/aromatic N) is 2. The number of rotatable bonds is 6. The van der Waals surface area contributed by atoms with E-state index < -0.39 is 5.54 Å². The van der Waals surface area contributed by atoms with Crippen LogP contribution in [0.2, 0.25) is 0 Å². The van der Waals surface area contributed by atoms with Crippen molar-refractivity contribution in [2.45, 2.75) is 12.1 Å². The molecule has 0 fully saturated rings. The van der Waals surface area contributed by atoms with Gasteiger partial charge in [0.15, 0.2) is 11.5 Å². The molecule has 3 N–H and O–H groups in total. The third-order valence-corrected chi connectivity index (χ3v) is 6.13. The van der Waals surface area contributed by atoms with E-state index in [0.29, 0.717) is 16.8 Å². The lowest BCUT2D eigenvalue weighted by Gasteiger charge is -2.27. The zero-order valence-electron chi connectivity index (χ0n) is 19.3. The molecule has 4 aromatic carbocycles. The van der Waals surface area contributed by atoms with E-state index in [-0.39, 0.29) is 30.1 Å². The van der Waals surface area contributed by atoms with Crippen LogP contribution in [0.5, 0.6) is 0 Å². The van der Waals surface area contributed by atoms with Crippen LogP contribution >= 0.6 is 0 Å². The number of amides is 2. The standard InChI is InChI=1S/C29H23FN4O2/c30-24-14-16-25(17-15-24)32-26(35)21-9-7-8-20(18-21)19-34-27(36)29(33-28(34)31,22-10-3-1-4-11-22)23-12-5-2-6-13-23/h1-18H,19H2,(H2,31,33)(H,32,35). The molecule has 0 spiro atoms. The highest BCUT2D eigenvalue weighted by molar-refractivity contribution is 6.09. The second kappa shape index (κ2) is 9.46. The molecular weight excluding hydrogens is 455 g/mol. The first-order valence-corrected chi connectivity index (χ1v) is 11.4. The van der Waals surface area contributed by atoms with Gasteiger partial charge in [-0.15, -0.1) is 0 Å². The summed E-state index contributed by atoms with van der Waals surface area (Å²) in [4.78, 5) is 32.9. The minimum Gasteiger partial charge on any atom is -0.369 e. The molecule has 1 aliphatic heterocycles. The van der Waals surface area contributed by atoms with Crippen LogP contribution in [-0.4, -0.2) is 22.7 Å². The van der Waals surface area contributed by atoms with Crippen LogP contribution in [0.1, 0.15) is 27.0 Å². The van der Waals surface area contributed by atoms with Crippen molar-refractivity contribution in [1.29, 1.82) is 0 Å². The van der Waals surface area contributed by atoms with E-state index in [4.69, 9.17) is 10.7 Å². The first-order valence-electron chi connectivity index (χ1n) is 11.4. The molecular formula is C29H23FN4O2. The summed E-state index contributed by atoms with van der Waals surface area (Å²) in [6.07, 6.45) is 0. The van der Waals surface area contributed by atoms with E-state index >= 15 is 0 Å². The van der Waals surface area contributed by atoms with E-state index in [1.807, 2.05) is 66.7 Å². The summed E-state index contributed by atoms with van der Waals surface area (Å²) in [5.41, 5.74) is 8.07. The average molecular weight is 479 g/mol. The number of anilines is 1. The average Bonchev–Trinajstić information content (AvgIpc) is 3.17. The molecule has 5 rings (SSSR count). The minimum atomic E-state index is -1.29. The summed E-state index contributed by atoms with van der Waals surface area (Å²) >= 11 is 0. The summed E-state index contributed by atoms with van der Waals surface area (Å²) in [6.45, 7) is 0.146. The molecule has 2 amide bonds. The van der Waals surface area contributed by atoms with Crippen LogP contribution in [-0.2, 0) is 16.9 Å². The van der Waals surface area contributed by atoms with E-state index in [0.717, 1.165) is 11.1 Å². The molecule has 0 aromatic heterocycles. The Morgan fingerprint density at radius 3 is 2.08 bits per heavy atom. The third kappa shape index (κ3) is 4.22. The number of benzene rings is 4. The van der Waals surface area contributed by atoms with Gasteiger partial charge in [-0.05, 0) is 53.1 Å². The normalized spacial score (nSPS) is 14.4. The van der Waals surface area contributed by atoms with Gasteiger partial charge in [-0.25, -0.2) is 9.38 Å². The summed E-state index contributed by atoms with van der Waals surface area (Å²) in [6, 6.07) is 31.2. The Labute approximate surface area is 207 Å². The topological polar surface area (TPSA) is 87.8 Å². The van der Waals surface area contributed by atoms with Gasteiger partial charge < -0.3 is 11.1 Å². The molecule has 178 valence electrons. The van der Waals surface area contributed by atoms with Crippen molar-refractivity contribution in [2.24, 2.45) is 10.7 Å². The highest BCUT2D eigenvalue weighted by Crippen LogP contribution is 2.39. The van der Waals surface area contributed by atoms with Gasteiger partial charge in [0.25, 0.3) is 11.8 Å². The molecule has 36 heavy (non-hydrogen) atoms. The second-order valence-corrected chi connectivity index (χ2v) is 8.47. The second-order valence-electron chi connectivity index (χ2n) is 8.47. The predicted molar refractivity (Wildman–Crippen MR) is 137 cm³/mol. The summed E-state index contributed by atoms with van der Waals surface area (Å²) in [7, 11) is 0. The number of halogens is 1. The van der Waals surface area contributed by atoms with E-state index in [2.05, 4.69) is 5.32 Å². The maximum Gasteiger partial charge on any atom is 0.266 e. The molecule has 4 aromatic rings.